The van der Waals surface area contributed by atoms with Gasteiger partial charge in [0.2, 0.25) is 10.0 Å². The Hall–Kier alpha value is -0.790. The van der Waals surface area contributed by atoms with Crippen molar-refractivity contribution in [1.29, 1.82) is 0 Å². The van der Waals surface area contributed by atoms with E-state index in [1.165, 1.54) is 6.07 Å². The van der Waals surface area contributed by atoms with Crippen LogP contribution < -0.4 is 4.72 Å². The van der Waals surface area contributed by atoms with Gasteiger partial charge < -0.3 is 0 Å². The molecule has 0 saturated carbocycles. The molecule has 8 heteroatoms. The van der Waals surface area contributed by atoms with Crippen LogP contribution in [0.2, 0.25) is 0 Å². The molecule has 0 amide bonds. The van der Waals surface area contributed by atoms with Crippen molar-refractivity contribution in [3.05, 3.63) is 29.8 Å². The monoisotopic (exact) mass is 329 g/mol. The quantitative estimate of drug-likeness (QED) is 0.843. The van der Waals surface area contributed by atoms with Crippen molar-refractivity contribution >= 4 is 21.6 Å². The lowest BCUT2D eigenvalue weighted by Gasteiger charge is -2.22. The number of nitrogens with one attached hydrogen (secondary N) is 1. The molecule has 0 spiro atoms. The highest BCUT2D eigenvalue weighted by atomic mass is 35.5. The van der Waals surface area contributed by atoms with Crippen molar-refractivity contribution in [1.82, 2.24) is 4.72 Å². The molecule has 114 valence electrons. The second-order valence-electron chi connectivity index (χ2n) is 5.12. The summed E-state index contributed by atoms with van der Waals surface area (Å²) in [6, 6.07) is 4.06. The normalized spacial score (nSPS) is 13.5. The van der Waals surface area contributed by atoms with E-state index in [-0.39, 0.29) is 12.4 Å². The molecular formula is C12H15ClF3NO2S. The summed E-state index contributed by atoms with van der Waals surface area (Å²) < 4.78 is 64.6. The zero-order valence-electron chi connectivity index (χ0n) is 11.0. The lowest BCUT2D eigenvalue weighted by Crippen LogP contribution is -2.35. The van der Waals surface area contributed by atoms with Gasteiger partial charge in [0, 0.05) is 12.4 Å². The van der Waals surface area contributed by atoms with Gasteiger partial charge in [0.25, 0.3) is 0 Å². The van der Waals surface area contributed by atoms with Crippen molar-refractivity contribution in [2.24, 2.45) is 5.41 Å². The highest BCUT2D eigenvalue weighted by Gasteiger charge is 2.37. The molecule has 0 aliphatic heterocycles. The lowest BCUT2D eigenvalue weighted by molar-refractivity contribution is -0.139. The molecule has 0 aliphatic rings. The van der Waals surface area contributed by atoms with E-state index in [1.807, 2.05) is 0 Å². The Balaban J connectivity index is 3.12. The summed E-state index contributed by atoms with van der Waals surface area (Å²) in [4.78, 5) is -0.780. The molecule has 1 rings (SSSR count). The predicted molar refractivity (Wildman–Crippen MR) is 71.1 cm³/mol. The number of alkyl halides is 4. The summed E-state index contributed by atoms with van der Waals surface area (Å²) in [6.07, 6.45) is -4.73. The average Bonchev–Trinajstić information content (AvgIpc) is 2.36. The topological polar surface area (TPSA) is 46.2 Å². The SMILES string of the molecule is CC(C)(CCl)CNS(=O)(=O)c1ccccc1C(F)(F)F. The summed E-state index contributed by atoms with van der Waals surface area (Å²) in [7, 11) is -4.25. The maximum atomic E-state index is 12.8. The van der Waals surface area contributed by atoms with E-state index in [0.717, 1.165) is 18.2 Å². The van der Waals surface area contributed by atoms with Crippen LogP contribution in [0, 0.1) is 5.41 Å². The third kappa shape index (κ3) is 4.36. The molecule has 0 aliphatic carbocycles. The number of hydrogen-bond acceptors (Lipinski definition) is 2. The van der Waals surface area contributed by atoms with Gasteiger partial charge in [-0.25, -0.2) is 13.1 Å². The van der Waals surface area contributed by atoms with E-state index in [2.05, 4.69) is 4.72 Å². The van der Waals surface area contributed by atoms with Crippen LogP contribution in [0.15, 0.2) is 29.2 Å². The highest BCUT2D eigenvalue weighted by molar-refractivity contribution is 7.89. The Morgan fingerprint density at radius 2 is 1.75 bits per heavy atom. The number of rotatable bonds is 5. The standard InChI is InChI=1S/C12H15ClF3NO2S/c1-11(2,7-13)8-17-20(18,19)10-6-4-3-5-9(10)12(14,15)16/h3-6,17H,7-8H2,1-2H3. The first-order valence-electron chi connectivity index (χ1n) is 5.71. The maximum absolute atomic E-state index is 12.8. The number of halogens is 4. The van der Waals surface area contributed by atoms with Crippen molar-refractivity contribution in [2.75, 3.05) is 12.4 Å². The molecule has 0 unspecified atom stereocenters. The first-order valence-corrected chi connectivity index (χ1v) is 7.73. The second kappa shape index (κ2) is 5.91. The molecule has 1 aromatic rings. The molecule has 20 heavy (non-hydrogen) atoms. The molecule has 0 radical (unpaired) electrons. The van der Waals surface area contributed by atoms with Crippen LogP contribution >= 0.6 is 11.6 Å². The van der Waals surface area contributed by atoms with Crippen LogP contribution in [0.25, 0.3) is 0 Å². The fourth-order valence-corrected chi connectivity index (χ4v) is 2.91. The zero-order chi connectivity index (χ0) is 15.6. The molecule has 1 aromatic carbocycles. The van der Waals surface area contributed by atoms with Crippen molar-refractivity contribution in [2.45, 2.75) is 24.9 Å². The van der Waals surface area contributed by atoms with E-state index >= 15 is 0 Å². The lowest BCUT2D eigenvalue weighted by atomic mass is 9.97. The van der Waals surface area contributed by atoms with Crippen LogP contribution in [0.4, 0.5) is 13.2 Å². The Morgan fingerprint density at radius 3 is 2.25 bits per heavy atom. The van der Waals surface area contributed by atoms with E-state index < -0.39 is 32.1 Å². The summed E-state index contributed by atoms with van der Waals surface area (Å²) in [6.45, 7) is 3.36. The van der Waals surface area contributed by atoms with Gasteiger partial charge in [-0.05, 0) is 17.5 Å². The first kappa shape index (κ1) is 17.3. The van der Waals surface area contributed by atoms with Gasteiger partial charge in [-0.3, -0.25) is 0 Å². The van der Waals surface area contributed by atoms with Gasteiger partial charge in [-0.15, -0.1) is 11.6 Å². The van der Waals surface area contributed by atoms with E-state index in [4.69, 9.17) is 11.6 Å². The van der Waals surface area contributed by atoms with E-state index in [1.54, 1.807) is 13.8 Å². The van der Waals surface area contributed by atoms with Gasteiger partial charge >= 0.3 is 6.18 Å². The third-order valence-electron chi connectivity index (χ3n) is 2.58. The zero-order valence-corrected chi connectivity index (χ0v) is 12.5. The Labute approximate surface area is 121 Å². The molecule has 0 heterocycles. The molecule has 0 aromatic heterocycles. The summed E-state index contributed by atoms with van der Waals surface area (Å²) >= 11 is 5.66. The average molecular weight is 330 g/mol. The first-order chi connectivity index (χ1) is 8.99. The molecule has 0 saturated heterocycles. The van der Waals surface area contributed by atoms with Crippen LogP contribution in [-0.2, 0) is 16.2 Å². The minimum absolute atomic E-state index is 0.0506. The smallest absolute Gasteiger partial charge is 0.211 e. The van der Waals surface area contributed by atoms with Gasteiger partial charge in [0.15, 0.2) is 0 Å². The summed E-state index contributed by atoms with van der Waals surface area (Å²) in [5, 5.41) is 0. The second-order valence-corrected chi connectivity index (χ2v) is 7.12. The fraction of sp³-hybridized carbons (Fsp3) is 0.500. The van der Waals surface area contributed by atoms with Crippen LogP contribution in [0.5, 0.6) is 0 Å². The number of sulfonamides is 1. The third-order valence-corrected chi connectivity index (χ3v) is 4.77. The molecule has 1 N–H and O–H groups in total. The number of benzene rings is 1. The van der Waals surface area contributed by atoms with Crippen molar-refractivity contribution < 1.29 is 21.6 Å². The van der Waals surface area contributed by atoms with Crippen molar-refractivity contribution in [3.63, 3.8) is 0 Å². The molecular weight excluding hydrogens is 315 g/mol. The van der Waals surface area contributed by atoms with Crippen LogP contribution in [0.3, 0.4) is 0 Å². The predicted octanol–water partition coefficient (Wildman–Crippen LogP) is 3.25. The molecule has 0 atom stereocenters. The minimum Gasteiger partial charge on any atom is -0.211 e. The van der Waals surface area contributed by atoms with Crippen LogP contribution in [0.1, 0.15) is 19.4 Å². The Morgan fingerprint density at radius 1 is 1.20 bits per heavy atom. The fourth-order valence-electron chi connectivity index (χ4n) is 1.35. The van der Waals surface area contributed by atoms with Crippen LogP contribution in [-0.4, -0.2) is 20.8 Å². The van der Waals surface area contributed by atoms with Gasteiger partial charge in [-0.1, -0.05) is 26.0 Å². The largest absolute Gasteiger partial charge is 0.417 e. The maximum Gasteiger partial charge on any atom is 0.417 e. The number of hydrogen-bond donors (Lipinski definition) is 1. The highest BCUT2D eigenvalue weighted by Crippen LogP contribution is 2.34. The van der Waals surface area contributed by atoms with Gasteiger partial charge in [0.1, 0.15) is 0 Å². The van der Waals surface area contributed by atoms with E-state index in [9.17, 15) is 21.6 Å². The Bertz CT molecular complexity index is 570. The summed E-state index contributed by atoms with van der Waals surface area (Å²) in [5.41, 5.74) is -1.74. The molecule has 0 bridgehead atoms. The minimum atomic E-state index is -4.73. The molecule has 3 nitrogen and oxygen atoms in total. The van der Waals surface area contributed by atoms with Gasteiger partial charge in [-0.2, -0.15) is 13.2 Å². The van der Waals surface area contributed by atoms with Crippen molar-refractivity contribution in [3.8, 4) is 0 Å². The van der Waals surface area contributed by atoms with E-state index in [0.29, 0.717) is 0 Å². The Kier molecular flexibility index (Phi) is 5.10. The summed E-state index contributed by atoms with van der Waals surface area (Å²) in [5.74, 6) is 0.177. The molecule has 0 fully saturated rings. The van der Waals surface area contributed by atoms with Gasteiger partial charge in [0.05, 0.1) is 10.5 Å².